The second-order valence-corrected chi connectivity index (χ2v) is 5.06. The van der Waals surface area contributed by atoms with Crippen molar-refractivity contribution in [2.45, 2.75) is 19.8 Å². The van der Waals surface area contributed by atoms with Crippen LogP contribution >= 0.6 is 0 Å². The van der Waals surface area contributed by atoms with Crippen LogP contribution in [-0.4, -0.2) is 10.1 Å². The Labute approximate surface area is 115 Å². The van der Waals surface area contributed by atoms with Crippen LogP contribution in [0.2, 0.25) is 0 Å². The topological polar surface area (TPSA) is 46.3 Å². The van der Waals surface area contributed by atoms with Crippen molar-refractivity contribution in [3.05, 3.63) is 47.8 Å². The van der Waals surface area contributed by atoms with Gasteiger partial charge in [-0.1, -0.05) is 19.9 Å². The third kappa shape index (κ3) is 2.13. The Morgan fingerprint density at radius 3 is 2.65 bits per heavy atom. The SMILES string of the molecule is CC(C)c1ccc(-c2nc3ccc(F)cc3o2)cc1O. The van der Waals surface area contributed by atoms with Crippen molar-refractivity contribution < 1.29 is 13.9 Å². The first kappa shape index (κ1) is 12.7. The molecule has 0 aliphatic heterocycles. The fourth-order valence-corrected chi connectivity index (χ4v) is 2.19. The van der Waals surface area contributed by atoms with E-state index in [9.17, 15) is 9.50 Å². The van der Waals surface area contributed by atoms with Crippen LogP contribution in [0, 0.1) is 5.82 Å². The second kappa shape index (κ2) is 4.63. The lowest BCUT2D eigenvalue weighted by atomic mass is 10.0. The van der Waals surface area contributed by atoms with Crippen molar-refractivity contribution >= 4 is 11.1 Å². The molecule has 0 fully saturated rings. The number of phenolic OH excluding ortho intramolecular Hbond substituents is 1. The van der Waals surface area contributed by atoms with Crippen molar-refractivity contribution in [3.8, 4) is 17.2 Å². The summed E-state index contributed by atoms with van der Waals surface area (Å²) >= 11 is 0. The molecule has 3 aromatic rings. The first-order valence-corrected chi connectivity index (χ1v) is 6.44. The quantitative estimate of drug-likeness (QED) is 0.748. The molecule has 0 amide bonds. The number of rotatable bonds is 2. The molecule has 0 spiro atoms. The van der Waals surface area contributed by atoms with Gasteiger partial charge in [0, 0.05) is 11.6 Å². The molecule has 1 heterocycles. The molecule has 3 rings (SSSR count). The normalized spacial score (nSPS) is 11.4. The van der Waals surface area contributed by atoms with E-state index in [1.807, 2.05) is 26.0 Å². The van der Waals surface area contributed by atoms with E-state index < -0.39 is 0 Å². The molecule has 20 heavy (non-hydrogen) atoms. The molecule has 2 aromatic carbocycles. The minimum atomic E-state index is -0.363. The maximum absolute atomic E-state index is 13.1. The molecule has 1 aromatic heterocycles. The van der Waals surface area contributed by atoms with Crippen molar-refractivity contribution in [1.82, 2.24) is 4.98 Å². The monoisotopic (exact) mass is 271 g/mol. The number of hydrogen-bond donors (Lipinski definition) is 1. The third-order valence-corrected chi connectivity index (χ3v) is 3.25. The molecule has 3 nitrogen and oxygen atoms in total. The van der Waals surface area contributed by atoms with E-state index in [0.29, 0.717) is 22.6 Å². The van der Waals surface area contributed by atoms with Gasteiger partial charge in [0.15, 0.2) is 5.58 Å². The van der Waals surface area contributed by atoms with Gasteiger partial charge in [0.25, 0.3) is 0 Å². The fourth-order valence-electron chi connectivity index (χ4n) is 2.19. The van der Waals surface area contributed by atoms with E-state index in [4.69, 9.17) is 4.42 Å². The Bertz CT molecular complexity index is 777. The zero-order chi connectivity index (χ0) is 14.3. The molecule has 102 valence electrons. The van der Waals surface area contributed by atoms with Crippen LogP contribution in [0.25, 0.3) is 22.6 Å². The molecule has 0 atom stereocenters. The van der Waals surface area contributed by atoms with Crippen LogP contribution < -0.4 is 0 Å². The fraction of sp³-hybridized carbons (Fsp3) is 0.188. The lowest BCUT2D eigenvalue weighted by molar-refractivity contribution is 0.464. The van der Waals surface area contributed by atoms with Crippen LogP contribution in [0.5, 0.6) is 5.75 Å². The predicted molar refractivity (Wildman–Crippen MR) is 75.2 cm³/mol. The molecule has 0 aliphatic carbocycles. The molecule has 4 heteroatoms. The Hall–Kier alpha value is -2.36. The van der Waals surface area contributed by atoms with Gasteiger partial charge in [-0.15, -0.1) is 0 Å². The largest absolute Gasteiger partial charge is 0.508 e. The van der Waals surface area contributed by atoms with Gasteiger partial charge in [0.05, 0.1) is 0 Å². The summed E-state index contributed by atoms with van der Waals surface area (Å²) < 4.78 is 18.7. The van der Waals surface area contributed by atoms with Crippen LogP contribution in [0.3, 0.4) is 0 Å². The summed E-state index contributed by atoms with van der Waals surface area (Å²) in [4.78, 5) is 4.30. The number of fused-ring (bicyclic) bond motifs is 1. The standard InChI is InChI=1S/C16H14FNO2/c1-9(2)12-5-3-10(7-14(12)19)16-18-13-6-4-11(17)8-15(13)20-16/h3-9,19H,1-2H3. The Morgan fingerprint density at radius 1 is 1.15 bits per heavy atom. The van der Waals surface area contributed by atoms with Crippen molar-refractivity contribution in [1.29, 1.82) is 0 Å². The lowest BCUT2D eigenvalue weighted by Crippen LogP contribution is -1.88. The average Bonchev–Trinajstić information content (AvgIpc) is 2.81. The minimum Gasteiger partial charge on any atom is -0.508 e. The highest BCUT2D eigenvalue weighted by Crippen LogP contribution is 2.31. The van der Waals surface area contributed by atoms with E-state index in [-0.39, 0.29) is 17.5 Å². The zero-order valence-corrected chi connectivity index (χ0v) is 11.2. The molecule has 0 radical (unpaired) electrons. The molecule has 0 unspecified atom stereocenters. The number of phenols is 1. The predicted octanol–water partition coefficient (Wildman–Crippen LogP) is 4.46. The minimum absolute atomic E-state index is 0.214. The van der Waals surface area contributed by atoms with Gasteiger partial charge in [0.1, 0.15) is 17.1 Å². The summed E-state index contributed by atoms with van der Waals surface area (Å²) in [6, 6.07) is 9.53. The van der Waals surface area contributed by atoms with Crippen LogP contribution in [0.1, 0.15) is 25.3 Å². The Kier molecular flexibility index (Phi) is 2.93. The van der Waals surface area contributed by atoms with Crippen LogP contribution in [-0.2, 0) is 0 Å². The van der Waals surface area contributed by atoms with Crippen LogP contribution in [0.4, 0.5) is 4.39 Å². The Balaban J connectivity index is 2.08. The number of halogens is 1. The van der Waals surface area contributed by atoms with Crippen LogP contribution in [0.15, 0.2) is 40.8 Å². The summed E-state index contributed by atoms with van der Waals surface area (Å²) in [6.45, 7) is 4.02. The summed E-state index contributed by atoms with van der Waals surface area (Å²) in [5, 5.41) is 10.0. The summed E-state index contributed by atoms with van der Waals surface area (Å²) in [7, 11) is 0. The van der Waals surface area contributed by atoms with E-state index in [0.717, 1.165) is 5.56 Å². The second-order valence-electron chi connectivity index (χ2n) is 5.06. The van der Waals surface area contributed by atoms with Crippen molar-refractivity contribution in [3.63, 3.8) is 0 Å². The van der Waals surface area contributed by atoms with E-state index in [2.05, 4.69) is 4.98 Å². The molecule has 0 aliphatic rings. The van der Waals surface area contributed by atoms with Gasteiger partial charge in [-0.05, 0) is 35.7 Å². The van der Waals surface area contributed by atoms with Gasteiger partial charge in [0.2, 0.25) is 5.89 Å². The van der Waals surface area contributed by atoms with Crippen molar-refractivity contribution in [2.24, 2.45) is 0 Å². The Morgan fingerprint density at radius 2 is 1.95 bits per heavy atom. The third-order valence-electron chi connectivity index (χ3n) is 3.25. The molecular weight excluding hydrogens is 257 g/mol. The van der Waals surface area contributed by atoms with Gasteiger partial charge < -0.3 is 9.52 Å². The summed E-state index contributed by atoms with van der Waals surface area (Å²) in [6.07, 6.45) is 0. The van der Waals surface area contributed by atoms with Gasteiger partial charge >= 0.3 is 0 Å². The van der Waals surface area contributed by atoms with Crippen molar-refractivity contribution in [2.75, 3.05) is 0 Å². The molecule has 0 saturated heterocycles. The summed E-state index contributed by atoms with van der Waals surface area (Å²) in [5.74, 6) is 0.460. The highest BCUT2D eigenvalue weighted by atomic mass is 19.1. The highest BCUT2D eigenvalue weighted by molar-refractivity contribution is 5.76. The number of nitrogens with zero attached hydrogens (tertiary/aromatic N) is 1. The number of aromatic nitrogens is 1. The maximum atomic E-state index is 13.1. The smallest absolute Gasteiger partial charge is 0.227 e. The number of oxazole rings is 1. The maximum Gasteiger partial charge on any atom is 0.227 e. The average molecular weight is 271 g/mol. The van der Waals surface area contributed by atoms with Gasteiger partial charge in [-0.3, -0.25) is 0 Å². The van der Waals surface area contributed by atoms with Gasteiger partial charge in [-0.2, -0.15) is 0 Å². The lowest BCUT2D eigenvalue weighted by Gasteiger charge is -2.08. The summed E-state index contributed by atoms with van der Waals surface area (Å²) in [5.41, 5.74) is 2.53. The number of hydrogen-bond acceptors (Lipinski definition) is 3. The van der Waals surface area contributed by atoms with E-state index in [1.54, 1.807) is 12.1 Å². The molecule has 0 saturated carbocycles. The highest BCUT2D eigenvalue weighted by Gasteiger charge is 2.12. The number of benzene rings is 2. The van der Waals surface area contributed by atoms with E-state index in [1.165, 1.54) is 12.1 Å². The van der Waals surface area contributed by atoms with Gasteiger partial charge in [-0.25, -0.2) is 9.37 Å². The molecule has 1 N–H and O–H groups in total. The molecule has 0 bridgehead atoms. The number of aromatic hydroxyl groups is 1. The zero-order valence-electron chi connectivity index (χ0n) is 11.2. The van der Waals surface area contributed by atoms with E-state index >= 15 is 0 Å². The first-order valence-electron chi connectivity index (χ1n) is 6.44. The first-order chi connectivity index (χ1) is 9.54. The molecular formula is C16H14FNO2.